The summed E-state index contributed by atoms with van der Waals surface area (Å²) in [5.41, 5.74) is 1.33. The SMILES string of the molecule is COc1ccc(F)c(OC)c1/C(C)=N/C1CCCN1C. The van der Waals surface area contributed by atoms with Gasteiger partial charge in [0.1, 0.15) is 11.9 Å². The van der Waals surface area contributed by atoms with Gasteiger partial charge in [0.05, 0.1) is 19.8 Å². The lowest BCUT2D eigenvalue weighted by Gasteiger charge is -2.18. The van der Waals surface area contributed by atoms with E-state index >= 15 is 0 Å². The molecule has 1 aliphatic heterocycles. The minimum Gasteiger partial charge on any atom is -0.496 e. The van der Waals surface area contributed by atoms with E-state index in [1.54, 1.807) is 13.2 Å². The van der Waals surface area contributed by atoms with Crippen LogP contribution in [-0.4, -0.2) is 44.6 Å². The zero-order chi connectivity index (χ0) is 14.7. The summed E-state index contributed by atoms with van der Waals surface area (Å²) >= 11 is 0. The number of aliphatic imine (C=N–C) groups is 1. The normalized spacial score (nSPS) is 20.2. The lowest BCUT2D eigenvalue weighted by atomic mass is 10.1. The van der Waals surface area contributed by atoms with Crippen LogP contribution in [0.2, 0.25) is 0 Å². The Morgan fingerprint density at radius 2 is 2.10 bits per heavy atom. The number of hydrogen-bond acceptors (Lipinski definition) is 4. The third kappa shape index (κ3) is 2.77. The van der Waals surface area contributed by atoms with E-state index in [1.165, 1.54) is 13.2 Å². The molecule has 1 atom stereocenters. The van der Waals surface area contributed by atoms with E-state index in [-0.39, 0.29) is 11.9 Å². The summed E-state index contributed by atoms with van der Waals surface area (Å²) in [6.07, 6.45) is 2.30. The van der Waals surface area contributed by atoms with E-state index in [0.29, 0.717) is 11.3 Å². The van der Waals surface area contributed by atoms with Crippen molar-refractivity contribution < 1.29 is 13.9 Å². The molecule has 0 radical (unpaired) electrons. The minimum atomic E-state index is -0.405. The van der Waals surface area contributed by atoms with Crippen molar-refractivity contribution in [3.8, 4) is 11.5 Å². The molecule has 1 saturated heterocycles. The Kier molecular flexibility index (Phi) is 4.60. The highest BCUT2D eigenvalue weighted by atomic mass is 19.1. The lowest BCUT2D eigenvalue weighted by molar-refractivity contribution is 0.320. The maximum atomic E-state index is 13.9. The Hall–Kier alpha value is -1.62. The number of hydrogen-bond donors (Lipinski definition) is 0. The molecule has 0 bridgehead atoms. The Bertz CT molecular complexity index is 517. The van der Waals surface area contributed by atoms with Gasteiger partial charge in [0.15, 0.2) is 11.6 Å². The number of halogens is 1. The van der Waals surface area contributed by atoms with E-state index in [4.69, 9.17) is 14.5 Å². The molecule has 0 aromatic heterocycles. The molecule has 1 aromatic carbocycles. The number of ether oxygens (including phenoxy) is 2. The second-order valence-corrected chi connectivity index (χ2v) is 4.98. The molecule has 1 fully saturated rings. The van der Waals surface area contributed by atoms with Crippen LogP contribution in [0.15, 0.2) is 17.1 Å². The highest BCUT2D eigenvalue weighted by Gasteiger charge is 2.23. The molecular formula is C15H21FN2O2. The summed E-state index contributed by atoms with van der Waals surface area (Å²) in [7, 11) is 5.07. The van der Waals surface area contributed by atoms with Gasteiger partial charge in [0.2, 0.25) is 0 Å². The van der Waals surface area contributed by atoms with Gasteiger partial charge in [0.25, 0.3) is 0 Å². The quantitative estimate of drug-likeness (QED) is 0.795. The van der Waals surface area contributed by atoms with Crippen molar-refractivity contribution in [2.24, 2.45) is 4.99 Å². The van der Waals surface area contributed by atoms with Crippen LogP contribution in [-0.2, 0) is 0 Å². The zero-order valence-electron chi connectivity index (χ0n) is 12.4. The molecule has 20 heavy (non-hydrogen) atoms. The largest absolute Gasteiger partial charge is 0.496 e. The number of likely N-dealkylation sites (tertiary alicyclic amines) is 1. The highest BCUT2D eigenvalue weighted by Crippen LogP contribution is 2.32. The third-order valence-electron chi connectivity index (χ3n) is 3.68. The van der Waals surface area contributed by atoms with Gasteiger partial charge in [-0.3, -0.25) is 9.89 Å². The topological polar surface area (TPSA) is 34.1 Å². The summed E-state index contributed by atoms with van der Waals surface area (Å²) in [5.74, 6) is 0.356. The molecule has 0 saturated carbocycles. The summed E-state index contributed by atoms with van der Waals surface area (Å²) in [4.78, 5) is 6.90. The van der Waals surface area contributed by atoms with Gasteiger partial charge in [0, 0.05) is 5.71 Å². The molecule has 0 amide bonds. The number of rotatable bonds is 4. The molecule has 4 nitrogen and oxygen atoms in total. The van der Waals surface area contributed by atoms with Crippen molar-refractivity contribution in [3.63, 3.8) is 0 Å². The second kappa shape index (κ2) is 6.22. The van der Waals surface area contributed by atoms with Gasteiger partial charge < -0.3 is 9.47 Å². The molecule has 0 aliphatic carbocycles. The molecule has 1 unspecified atom stereocenters. The minimum absolute atomic E-state index is 0.146. The van der Waals surface area contributed by atoms with Gasteiger partial charge >= 0.3 is 0 Å². The average Bonchev–Trinajstić information content (AvgIpc) is 2.83. The summed E-state index contributed by atoms with van der Waals surface area (Å²) in [6.45, 7) is 2.91. The number of methoxy groups -OCH3 is 2. The van der Waals surface area contributed by atoms with Crippen molar-refractivity contribution in [1.29, 1.82) is 0 Å². The van der Waals surface area contributed by atoms with Crippen LogP contribution in [0.1, 0.15) is 25.3 Å². The van der Waals surface area contributed by atoms with Crippen LogP contribution in [0.5, 0.6) is 11.5 Å². The number of benzene rings is 1. The Morgan fingerprint density at radius 3 is 2.65 bits per heavy atom. The summed E-state index contributed by atoms with van der Waals surface area (Å²) in [5, 5.41) is 0. The predicted molar refractivity (Wildman–Crippen MR) is 77.4 cm³/mol. The van der Waals surface area contributed by atoms with Crippen LogP contribution in [0.25, 0.3) is 0 Å². The first-order valence-corrected chi connectivity index (χ1v) is 6.74. The molecular weight excluding hydrogens is 259 g/mol. The van der Waals surface area contributed by atoms with Gasteiger partial charge in [-0.15, -0.1) is 0 Å². The smallest absolute Gasteiger partial charge is 0.167 e. The van der Waals surface area contributed by atoms with Crippen LogP contribution in [0.4, 0.5) is 4.39 Å². The Balaban J connectivity index is 2.44. The molecule has 1 heterocycles. The first kappa shape index (κ1) is 14.8. The monoisotopic (exact) mass is 280 g/mol. The van der Waals surface area contributed by atoms with E-state index < -0.39 is 5.82 Å². The molecule has 5 heteroatoms. The van der Waals surface area contributed by atoms with Crippen LogP contribution in [0, 0.1) is 5.82 Å². The molecule has 1 aliphatic rings. The fraction of sp³-hybridized carbons (Fsp3) is 0.533. The molecule has 110 valence electrons. The van der Waals surface area contributed by atoms with Crippen molar-refractivity contribution in [1.82, 2.24) is 4.90 Å². The van der Waals surface area contributed by atoms with Crippen LogP contribution < -0.4 is 9.47 Å². The van der Waals surface area contributed by atoms with Crippen molar-refractivity contribution in [2.45, 2.75) is 25.9 Å². The van der Waals surface area contributed by atoms with Crippen molar-refractivity contribution in [2.75, 3.05) is 27.8 Å². The zero-order valence-corrected chi connectivity index (χ0v) is 12.4. The van der Waals surface area contributed by atoms with Gasteiger partial charge in [-0.25, -0.2) is 4.39 Å². The van der Waals surface area contributed by atoms with Crippen molar-refractivity contribution >= 4 is 5.71 Å². The third-order valence-corrected chi connectivity index (χ3v) is 3.68. The fourth-order valence-electron chi connectivity index (χ4n) is 2.60. The van der Waals surface area contributed by atoms with Gasteiger partial charge in [-0.1, -0.05) is 0 Å². The first-order valence-electron chi connectivity index (χ1n) is 6.74. The van der Waals surface area contributed by atoms with Crippen LogP contribution in [0.3, 0.4) is 0 Å². The van der Waals surface area contributed by atoms with Gasteiger partial charge in [-0.05, 0) is 45.5 Å². The standard InChI is InChI=1S/C15H21FN2O2/c1-10(17-13-6-5-9-18(13)2)14-12(19-3)8-7-11(16)15(14)20-4/h7-8,13H,5-6,9H2,1-4H3/b17-10+. The van der Waals surface area contributed by atoms with Crippen LogP contribution >= 0.6 is 0 Å². The average molecular weight is 280 g/mol. The lowest BCUT2D eigenvalue weighted by Crippen LogP contribution is -2.24. The maximum Gasteiger partial charge on any atom is 0.167 e. The number of nitrogens with zero attached hydrogens (tertiary/aromatic N) is 2. The summed E-state index contributed by atoms with van der Waals surface area (Å²) in [6, 6.07) is 2.95. The second-order valence-electron chi connectivity index (χ2n) is 4.98. The highest BCUT2D eigenvalue weighted by molar-refractivity contribution is 6.03. The van der Waals surface area contributed by atoms with E-state index in [0.717, 1.165) is 25.1 Å². The molecule has 1 aromatic rings. The molecule has 2 rings (SSSR count). The van der Waals surface area contributed by atoms with Crippen molar-refractivity contribution in [3.05, 3.63) is 23.5 Å². The first-order chi connectivity index (χ1) is 9.58. The van der Waals surface area contributed by atoms with E-state index in [2.05, 4.69) is 11.9 Å². The van der Waals surface area contributed by atoms with Gasteiger partial charge in [-0.2, -0.15) is 0 Å². The maximum absolute atomic E-state index is 13.9. The molecule has 0 N–H and O–H groups in total. The molecule has 0 spiro atoms. The summed E-state index contributed by atoms with van der Waals surface area (Å²) < 4.78 is 24.4. The van der Waals surface area contributed by atoms with E-state index in [1.807, 2.05) is 6.92 Å². The predicted octanol–water partition coefficient (Wildman–Crippen LogP) is 2.70. The Labute approximate surface area is 119 Å². The van der Waals surface area contributed by atoms with E-state index in [9.17, 15) is 4.39 Å². The fourth-order valence-corrected chi connectivity index (χ4v) is 2.60. The Morgan fingerprint density at radius 1 is 1.35 bits per heavy atom.